The predicted octanol–water partition coefficient (Wildman–Crippen LogP) is 1.52. The molecule has 6 heteroatoms. The first kappa shape index (κ1) is 12.0. The molecule has 0 aliphatic carbocycles. The fourth-order valence-electron chi connectivity index (χ4n) is 1.55. The molecule has 0 fully saturated rings. The van der Waals surface area contributed by atoms with E-state index in [1.807, 2.05) is 20.8 Å². The van der Waals surface area contributed by atoms with Crippen LogP contribution in [0.3, 0.4) is 0 Å². The van der Waals surface area contributed by atoms with Gasteiger partial charge < -0.3 is 10.1 Å². The van der Waals surface area contributed by atoms with Crippen LogP contribution in [0.25, 0.3) is 0 Å². The van der Waals surface area contributed by atoms with Crippen LogP contribution < -0.4 is 5.32 Å². The van der Waals surface area contributed by atoms with Crippen LogP contribution in [0.2, 0.25) is 0 Å². The number of nitrogens with zero attached hydrogens (tertiary/aromatic N) is 2. The van der Waals surface area contributed by atoms with Crippen molar-refractivity contribution in [3.8, 4) is 0 Å². The van der Waals surface area contributed by atoms with E-state index in [0.29, 0.717) is 11.0 Å². The fraction of sp³-hybridized carbons (Fsp3) is 0.455. The Bertz CT molecular complexity index is 434. The van der Waals surface area contributed by atoms with E-state index in [-0.39, 0.29) is 5.97 Å². The van der Waals surface area contributed by atoms with Crippen molar-refractivity contribution in [2.24, 2.45) is 4.99 Å². The van der Waals surface area contributed by atoms with Gasteiger partial charge in [-0.15, -0.1) is 0 Å². The number of carbonyl (C=O) groups excluding carboxylic acids is 1. The minimum Gasteiger partial charge on any atom is -0.457 e. The molecule has 2 heterocycles. The van der Waals surface area contributed by atoms with Gasteiger partial charge >= 0.3 is 5.97 Å². The van der Waals surface area contributed by atoms with Gasteiger partial charge in [0.05, 0.1) is 0 Å². The number of rotatable bonds is 1. The number of halogens is 1. The third-order valence-corrected chi connectivity index (χ3v) is 2.46. The Hall–Kier alpha value is -1.49. The van der Waals surface area contributed by atoms with Crippen LogP contribution in [0.4, 0.5) is 0 Å². The molecule has 2 aliphatic rings. The number of fused-ring (bicyclic) bond motifs is 1. The summed E-state index contributed by atoms with van der Waals surface area (Å²) in [6, 6.07) is 0. The summed E-state index contributed by atoms with van der Waals surface area (Å²) in [6.45, 7) is 5.46. The summed E-state index contributed by atoms with van der Waals surface area (Å²) in [6.07, 6.45) is 4.21. The lowest BCUT2D eigenvalue weighted by Crippen LogP contribution is -2.46. The van der Waals surface area contributed by atoms with Crippen LogP contribution in [0.1, 0.15) is 20.8 Å². The van der Waals surface area contributed by atoms with Crippen molar-refractivity contribution in [1.29, 1.82) is 0 Å². The molecule has 0 saturated carbocycles. The van der Waals surface area contributed by atoms with Crippen molar-refractivity contribution in [2.45, 2.75) is 32.5 Å². The van der Waals surface area contributed by atoms with Gasteiger partial charge in [0.15, 0.2) is 5.82 Å². The van der Waals surface area contributed by atoms with E-state index in [0.717, 1.165) is 0 Å². The van der Waals surface area contributed by atoms with Crippen molar-refractivity contribution in [3.63, 3.8) is 0 Å². The maximum atomic E-state index is 12.0. The van der Waals surface area contributed by atoms with E-state index >= 15 is 0 Å². The van der Waals surface area contributed by atoms with Crippen LogP contribution in [-0.4, -0.2) is 28.9 Å². The summed E-state index contributed by atoms with van der Waals surface area (Å²) in [5.74, 6) is 0.223. The molecular formula is C11H14ClN3O2. The summed E-state index contributed by atoms with van der Waals surface area (Å²) in [7, 11) is 0. The summed E-state index contributed by atoms with van der Waals surface area (Å²) in [5, 5.41) is 3.34. The van der Waals surface area contributed by atoms with Gasteiger partial charge in [0.25, 0.3) is 0 Å². The Kier molecular flexibility index (Phi) is 2.87. The van der Waals surface area contributed by atoms with Gasteiger partial charge in [0.2, 0.25) is 6.17 Å². The van der Waals surface area contributed by atoms with E-state index in [1.54, 1.807) is 23.4 Å². The van der Waals surface area contributed by atoms with Crippen molar-refractivity contribution in [2.75, 3.05) is 0 Å². The Balaban J connectivity index is 2.13. The summed E-state index contributed by atoms with van der Waals surface area (Å²) < 4.78 is 5.30. The summed E-state index contributed by atoms with van der Waals surface area (Å²) in [4.78, 5) is 17.7. The number of hydrogen-bond acceptors (Lipinski definition) is 5. The Morgan fingerprint density at radius 2 is 2.29 bits per heavy atom. The molecule has 0 amide bonds. The number of aliphatic imine (C=N–C) groups is 1. The Morgan fingerprint density at radius 3 is 2.94 bits per heavy atom. The molecule has 1 N–H and O–H groups in total. The molecule has 1 atom stereocenters. The predicted molar refractivity (Wildman–Crippen MR) is 65.1 cm³/mol. The first-order valence-electron chi connectivity index (χ1n) is 5.27. The zero-order valence-electron chi connectivity index (χ0n) is 9.90. The number of carbonyl (C=O) groups is 1. The molecule has 92 valence electrons. The number of hydrogen-bond donors (Lipinski definition) is 1. The highest BCUT2D eigenvalue weighted by Crippen LogP contribution is 2.27. The minimum absolute atomic E-state index is 0.382. The van der Waals surface area contributed by atoms with Gasteiger partial charge in [-0.3, -0.25) is 4.90 Å². The van der Waals surface area contributed by atoms with Crippen molar-refractivity contribution in [1.82, 2.24) is 10.2 Å². The number of esters is 1. The molecule has 0 aromatic rings. The molecule has 0 bridgehead atoms. The SMILES string of the molecule is CC(C)(C)OC(=O)[C@H]1NC=C2N=CC=C(Cl)N21. The first-order valence-corrected chi connectivity index (χ1v) is 5.64. The average Bonchev–Trinajstić information content (AvgIpc) is 2.60. The van der Waals surface area contributed by atoms with Crippen LogP contribution >= 0.6 is 11.6 Å². The second-order valence-corrected chi connectivity index (χ2v) is 5.13. The quantitative estimate of drug-likeness (QED) is 0.570. The Morgan fingerprint density at radius 1 is 1.59 bits per heavy atom. The van der Waals surface area contributed by atoms with Gasteiger partial charge in [-0.1, -0.05) is 11.6 Å². The first-order chi connectivity index (χ1) is 7.88. The van der Waals surface area contributed by atoms with Gasteiger partial charge in [0, 0.05) is 12.4 Å². The maximum absolute atomic E-state index is 12.0. The van der Waals surface area contributed by atoms with Crippen molar-refractivity contribution < 1.29 is 9.53 Å². The molecule has 0 spiro atoms. The third kappa shape index (κ3) is 2.44. The highest BCUT2D eigenvalue weighted by molar-refractivity contribution is 6.30. The average molecular weight is 256 g/mol. The van der Waals surface area contributed by atoms with Crippen LogP contribution in [-0.2, 0) is 9.53 Å². The summed E-state index contributed by atoms with van der Waals surface area (Å²) >= 11 is 6.03. The molecule has 0 unspecified atom stereocenters. The normalized spacial score (nSPS) is 22.6. The van der Waals surface area contributed by atoms with Gasteiger partial charge in [-0.25, -0.2) is 9.79 Å². The monoisotopic (exact) mass is 255 g/mol. The minimum atomic E-state index is -0.648. The maximum Gasteiger partial charge on any atom is 0.350 e. The van der Waals surface area contributed by atoms with Crippen molar-refractivity contribution in [3.05, 3.63) is 23.3 Å². The molecule has 0 aromatic heterocycles. The zero-order chi connectivity index (χ0) is 12.6. The Labute approximate surface area is 105 Å². The van der Waals surface area contributed by atoms with Gasteiger partial charge in [0.1, 0.15) is 10.8 Å². The largest absolute Gasteiger partial charge is 0.457 e. The second-order valence-electron chi connectivity index (χ2n) is 4.74. The molecule has 0 saturated heterocycles. The van der Waals surface area contributed by atoms with Crippen LogP contribution in [0, 0.1) is 0 Å². The van der Waals surface area contributed by atoms with E-state index in [9.17, 15) is 4.79 Å². The van der Waals surface area contributed by atoms with Crippen LogP contribution in [0.5, 0.6) is 0 Å². The summed E-state index contributed by atoms with van der Waals surface area (Å²) in [5.41, 5.74) is -0.531. The van der Waals surface area contributed by atoms with Gasteiger partial charge in [-0.05, 0) is 26.8 Å². The molecule has 5 nitrogen and oxygen atoms in total. The van der Waals surface area contributed by atoms with Gasteiger partial charge in [-0.2, -0.15) is 0 Å². The van der Waals surface area contributed by atoms with E-state index in [2.05, 4.69) is 10.3 Å². The lowest BCUT2D eigenvalue weighted by Gasteiger charge is -2.29. The highest BCUT2D eigenvalue weighted by Gasteiger charge is 2.37. The zero-order valence-corrected chi connectivity index (χ0v) is 10.7. The van der Waals surface area contributed by atoms with Crippen LogP contribution in [0.15, 0.2) is 28.2 Å². The lowest BCUT2D eigenvalue weighted by molar-refractivity contribution is -0.160. The molecule has 0 aromatic carbocycles. The number of ether oxygens (including phenoxy) is 1. The fourth-order valence-corrected chi connectivity index (χ4v) is 1.79. The van der Waals surface area contributed by atoms with E-state index in [1.165, 1.54) is 0 Å². The molecular weight excluding hydrogens is 242 g/mol. The van der Waals surface area contributed by atoms with E-state index in [4.69, 9.17) is 16.3 Å². The third-order valence-electron chi connectivity index (χ3n) is 2.15. The molecule has 17 heavy (non-hydrogen) atoms. The lowest BCUT2D eigenvalue weighted by atomic mass is 10.2. The standard InChI is InChI=1S/C11H14ClN3O2/c1-11(2,3)17-10(16)9-14-6-8-13-5-4-7(12)15(8)9/h4-6,9,14H,1-3H3/t9-/m0/s1. The number of nitrogens with one attached hydrogen (secondary N) is 1. The van der Waals surface area contributed by atoms with Crippen molar-refractivity contribution >= 4 is 23.8 Å². The van der Waals surface area contributed by atoms with E-state index < -0.39 is 11.8 Å². The molecule has 2 rings (SSSR count). The second kappa shape index (κ2) is 4.07. The topological polar surface area (TPSA) is 53.9 Å². The molecule has 0 radical (unpaired) electrons. The smallest absolute Gasteiger partial charge is 0.350 e. The highest BCUT2D eigenvalue weighted by atomic mass is 35.5. The molecule has 2 aliphatic heterocycles. The number of allylic oxidation sites excluding steroid dienone is 1.